The van der Waals surface area contributed by atoms with Crippen LogP contribution in [0.25, 0.3) is 0 Å². The number of carbonyl (C=O) groups excluding carboxylic acids is 1. The van der Waals surface area contributed by atoms with Crippen LogP contribution in [0.5, 0.6) is 5.75 Å². The molecular formula is C17H17N3O2. The van der Waals surface area contributed by atoms with Gasteiger partial charge in [0.2, 0.25) is 0 Å². The Morgan fingerprint density at radius 3 is 3.05 bits per heavy atom. The summed E-state index contributed by atoms with van der Waals surface area (Å²) in [5.41, 5.74) is 2.81. The number of nitrogens with zero attached hydrogens (tertiary/aromatic N) is 3. The maximum Gasteiger partial charge on any atom is 0.258 e. The molecule has 0 saturated carbocycles. The molecule has 0 radical (unpaired) electrons. The van der Waals surface area contributed by atoms with Crippen LogP contribution in [0.4, 0.5) is 0 Å². The zero-order chi connectivity index (χ0) is 15.1. The summed E-state index contributed by atoms with van der Waals surface area (Å²) in [4.78, 5) is 23.6. The van der Waals surface area contributed by atoms with Gasteiger partial charge in [-0.3, -0.25) is 4.79 Å². The van der Waals surface area contributed by atoms with E-state index in [2.05, 4.69) is 9.97 Å². The molecule has 1 aromatic heterocycles. The molecule has 5 heteroatoms. The van der Waals surface area contributed by atoms with Gasteiger partial charge in [0.15, 0.2) is 0 Å². The van der Waals surface area contributed by atoms with Crippen LogP contribution >= 0.6 is 0 Å². The largest absolute Gasteiger partial charge is 0.496 e. The second-order valence-corrected chi connectivity index (χ2v) is 5.79. The molecule has 3 heterocycles. The van der Waals surface area contributed by atoms with Crippen molar-refractivity contribution in [3.05, 3.63) is 53.6 Å². The SMILES string of the molecule is COc1ccccc1C(=O)N1C2CCC1c1cncnc1C2. The monoisotopic (exact) mass is 295 g/mol. The highest BCUT2D eigenvalue weighted by Crippen LogP contribution is 2.43. The highest BCUT2D eigenvalue weighted by atomic mass is 16.5. The van der Waals surface area contributed by atoms with Gasteiger partial charge in [0.05, 0.1) is 24.4 Å². The van der Waals surface area contributed by atoms with E-state index < -0.39 is 0 Å². The number of ether oxygens (including phenoxy) is 1. The van der Waals surface area contributed by atoms with E-state index in [-0.39, 0.29) is 18.0 Å². The lowest BCUT2D eigenvalue weighted by Gasteiger charge is -2.35. The first kappa shape index (κ1) is 13.2. The van der Waals surface area contributed by atoms with Crippen molar-refractivity contribution in [1.82, 2.24) is 14.9 Å². The molecule has 22 heavy (non-hydrogen) atoms. The molecule has 1 amide bonds. The summed E-state index contributed by atoms with van der Waals surface area (Å²) in [6.07, 6.45) is 6.26. The first-order valence-corrected chi connectivity index (χ1v) is 7.54. The number of para-hydroxylation sites is 1. The number of amides is 1. The standard InChI is InChI=1S/C17H17N3O2/c1-22-16-5-3-2-4-12(16)17(21)20-11-6-7-15(20)13-9-18-10-19-14(13)8-11/h2-5,9-11,15H,6-8H2,1H3. The minimum absolute atomic E-state index is 0.0412. The molecule has 2 atom stereocenters. The first-order chi connectivity index (χ1) is 10.8. The average Bonchev–Trinajstić information content (AvgIpc) is 2.89. The van der Waals surface area contributed by atoms with Gasteiger partial charge >= 0.3 is 0 Å². The van der Waals surface area contributed by atoms with Gasteiger partial charge < -0.3 is 9.64 Å². The van der Waals surface area contributed by atoms with Crippen LogP contribution in [0, 0.1) is 0 Å². The maximum atomic E-state index is 13.1. The van der Waals surface area contributed by atoms with Crippen molar-refractivity contribution >= 4 is 5.91 Å². The van der Waals surface area contributed by atoms with Gasteiger partial charge in [-0.05, 0) is 25.0 Å². The number of aromatic nitrogens is 2. The van der Waals surface area contributed by atoms with Gasteiger partial charge in [-0.25, -0.2) is 9.97 Å². The predicted octanol–water partition coefficient (Wildman–Crippen LogP) is 2.39. The summed E-state index contributed by atoms with van der Waals surface area (Å²) in [6, 6.07) is 7.73. The number of carbonyl (C=O) groups is 1. The van der Waals surface area contributed by atoms with Crippen LogP contribution < -0.4 is 4.74 Å². The summed E-state index contributed by atoms with van der Waals surface area (Å²) in [5, 5.41) is 0. The summed E-state index contributed by atoms with van der Waals surface area (Å²) in [7, 11) is 1.60. The predicted molar refractivity (Wildman–Crippen MR) is 80.7 cm³/mol. The molecule has 2 aliphatic heterocycles. The lowest BCUT2D eigenvalue weighted by atomic mass is 9.98. The Kier molecular flexibility index (Phi) is 3.06. The fourth-order valence-corrected chi connectivity index (χ4v) is 3.69. The average molecular weight is 295 g/mol. The van der Waals surface area contributed by atoms with Crippen molar-refractivity contribution in [1.29, 1.82) is 0 Å². The van der Waals surface area contributed by atoms with Crippen LogP contribution in [-0.2, 0) is 6.42 Å². The molecule has 2 aliphatic rings. The van der Waals surface area contributed by atoms with Crippen molar-refractivity contribution in [2.24, 2.45) is 0 Å². The summed E-state index contributed by atoms with van der Waals surface area (Å²) < 4.78 is 5.35. The number of benzene rings is 1. The van der Waals surface area contributed by atoms with Crippen molar-refractivity contribution in [3.63, 3.8) is 0 Å². The van der Waals surface area contributed by atoms with E-state index in [4.69, 9.17) is 4.74 Å². The van der Waals surface area contributed by atoms with E-state index in [1.165, 1.54) is 0 Å². The Hall–Kier alpha value is -2.43. The fourth-order valence-electron chi connectivity index (χ4n) is 3.69. The van der Waals surface area contributed by atoms with E-state index >= 15 is 0 Å². The van der Waals surface area contributed by atoms with E-state index in [0.29, 0.717) is 11.3 Å². The number of hydrogen-bond donors (Lipinski definition) is 0. The van der Waals surface area contributed by atoms with Crippen LogP contribution in [0.15, 0.2) is 36.8 Å². The lowest BCUT2D eigenvalue weighted by molar-refractivity contribution is 0.0640. The van der Waals surface area contributed by atoms with Crippen molar-refractivity contribution in [2.45, 2.75) is 31.3 Å². The molecule has 1 aromatic carbocycles. The molecule has 2 bridgehead atoms. The number of hydrogen-bond acceptors (Lipinski definition) is 4. The minimum Gasteiger partial charge on any atom is -0.496 e. The van der Waals surface area contributed by atoms with E-state index in [1.54, 1.807) is 13.4 Å². The Balaban J connectivity index is 1.74. The molecule has 2 aromatic rings. The molecule has 0 N–H and O–H groups in total. The Morgan fingerprint density at radius 2 is 2.18 bits per heavy atom. The number of methoxy groups -OCH3 is 1. The molecule has 5 nitrogen and oxygen atoms in total. The van der Waals surface area contributed by atoms with Gasteiger partial charge in [0.25, 0.3) is 5.91 Å². The Labute approximate surface area is 129 Å². The third-order valence-corrected chi connectivity index (χ3v) is 4.69. The molecule has 2 unspecified atom stereocenters. The van der Waals surface area contributed by atoms with Gasteiger partial charge in [0.1, 0.15) is 12.1 Å². The fraction of sp³-hybridized carbons (Fsp3) is 0.353. The summed E-state index contributed by atoms with van der Waals surface area (Å²) in [6.45, 7) is 0. The maximum absolute atomic E-state index is 13.1. The minimum atomic E-state index is 0.0412. The number of fused-ring (bicyclic) bond motifs is 4. The van der Waals surface area contributed by atoms with Crippen LogP contribution in [0.3, 0.4) is 0 Å². The van der Waals surface area contributed by atoms with E-state index in [1.807, 2.05) is 35.4 Å². The third-order valence-electron chi connectivity index (χ3n) is 4.69. The van der Waals surface area contributed by atoms with Crippen LogP contribution in [0.2, 0.25) is 0 Å². The van der Waals surface area contributed by atoms with Crippen LogP contribution in [-0.4, -0.2) is 33.9 Å². The summed E-state index contributed by atoms with van der Waals surface area (Å²) in [5.74, 6) is 0.668. The molecule has 1 saturated heterocycles. The molecular weight excluding hydrogens is 278 g/mol. The molecule has 0 spiro atoms. The second kappa shape index (κ2) is 5.09. The van der Waals surface area contributed by atoms with Crippen molar-refractivity contribution < 1.29 is 9.53 Å². The summed E-state index contributed by atoms with van der Waals surface area (Å²) >= 11 is 0. The zero-order valence-corrected chi connectivity index (χ0v) is 12.4. The Morgan fingerprint density at radius 1 is 1.32 bits per heavy atom. The van der Waals surface area contributed by atoms with Crippen molar-refractivity contribution in [3.8, 4) is 5.75 Å². The molecule has 1 fully saturated rings. The number of rotatable bonds is 2. The normalized spacial score (nSPS) is 22.3. The molecule has 4 rings (SSSR count). The van der Waals surface area contributed by atoms with Gasteiger partial charge in [0, 0.05) is 24.2 Å². The van der Waals surface area contributed by atoms with Crippen molar-refractivity contribution in [2.75, 3.05) is 7.11 Å². The van der Waals surface area contributed by atoms with Gasteiger partial charge in [-0.1, -0.05) is 12.1 Å². The highest BCUT2D eigenvalue weighted by molar-refractivity contribution is 5.97. The zero-order valence-electron chi connectivity index (χ0n) is 12.4. The van der Waals surface area contributed by atoms with E-state index in [9.17, 15) is 4.79 Å². The Bertz CT molecular complexity index is 731. The highest BCUT2D eigenvalue weighted by Gasteiger charge is 2.43. The second-order valence-electron chi connectivity index (χ2n) is 5.79. The molecule has 112 valence electrons. The lowest BCUT2D eigenvalue weighted by Crippen LogP contribution is -2.42. The smallest absolute Gasteiger partial charge is 0.258 e. The quantitative estimate of drug-likeness (QED) is 0.853. The van der Waals surface area contributed by atoms with Gasteiger partial charge in [-0.2, -0.15) is 0 Å². The van der Waals surface area contributed by atoms with Gasteiger partial charge in [-0.15, -0.1) is 0 Å². The third kappa shape index (κ3) is 1.89. The van der Waals surface area contributed by atoms with E-state index in [0.717, 1.165) is 30.5 Å². The first-order valence-electron chi connectivity index (χ1n) is 7.54. The topological polar surface area (TPSA) is 55.3 Å². The van der Waals surface area contributed by atoms with Crippen LogP contribution in [0.1, 0.15) is 40.5 Å². The molecule has 0 aliphatic carbocycles.